The van der Waals surface area contributed by atoms with E-state index in [0.29, 0.717) is 6.42 Å². The lowest BCUT2D eigenvalue weighted by Crippen LogP contribution is -2.30. The molecule has 0 aliphatic rings. The SMILES string of the molecule is CCCCCCCNC(=O)C(C)CCO. The first-order valence-corrected chi connectivity index (χ1v) is 6.11. The van der Waals surface area contributed by atoms with Crippen molar-refractivity contribution in [2.24, 2.45) is 5.92 Å². The van der Waals surface area contributed by atoms with Crippen LogP contribution in [0.1, 0.15) is 52.4 Å². The lowest BCUT2D eigenvalue weighted by Gasteiger charge is -2.10. The molecule has 0 aromatic rings. The van der Waals surface area contributed by atoms with Crippen molar-refractivity contribution in [3.8, 4) is 0 Å². The number of hydrogen-bond acceptors (Lipinski definition) is 2. The third-order valence-electron chi connectivity index (χ3n) is 2.59. The van der Waals surface area contributed by atoms with E-state index in [2.05, 4.69) is 12.2 Å². The van der Waals surface area contributed by atoms with Crippen molar-refractivity contribution in [3.63, 3.8) is 0 Å². The number of hydrogen-bond donors (Lipinski definition) is 2. The number of nitrogens with one attached hydrogen (secondary N) is 1. The zero-order chi connectivity index (χ0) is 11.5. The van der Waals surface area contributed by atoms with Crippen LogP contribution in [0.5, 0.6) is 0 Å². The highest BCUT2D eigenvalue weighted by molar-refractivity contribution is 5.78. The molecule has 0 bridgehead atoms. The molecule has 0 aromatic heterocycles. The fourth-order valence-corrected chi connectivity index (χ4v) is 1.44. The Hall–Kier alpha value is -0.570. The van der Waals surface area contributed by atoms with Gasteiger partial charge in [0.15, 0.2) is 0 Å². The van der Waals surface area contributed by atoms with Gasteiger partial charge in [0, 0.05) is 19.1 Å². The maximum absolute atomic E-state index is 11.4. The molecule has 0 fully saturated rings. The summed E-state index contributed by atoms with van der Waals surface area (Å²) in [6.07, 6.45) is 6.62. The van der Waals surface area contributed by atoms with E-state index in [4.69, 9.17) is 5.11 Å². The Kier molecular flexibility index (Phi) is 9.59. The zero-order valence-corrected chi connectivity index (χ0v) is 10.1. The molecule has 0 heterocycles. The summed E-state index contributed by atoms with van der Waals surface area (Å²) in [6.45, 7) is 4.91. The largest absolute Gasteiger partial charge is 0.396 e. The van der Waals surface area contributed by atoms with Crippen LogP contribution in [0.4, 0.5) is 0 Å². The van der Waals surface area contributed by atoms with Crippen LogP contribution in [0.2, 0.25) is 0 Å². The van der Waals surface area contributed by atoms with E-state index in [0.717, 1.165) is 13.0 Å². The molecule has 2 N–H and O–H groups in total. The number of rotatable bonds is 9. The average Bonchev–Trinajstić information content (AvgIpc) is 2.23. The van der Waals surface area contributed by atoms with Gasteiger partial charge in [-0.25, -0.2) is 0 Å². The summed E-state index contributed by atoms with van der Waals surface area (Å²) < 4.78 is 0. The quantitative estimate of drug-likeness (QED) is 0.579. The Labute approximate surface area is 93.3 Å². The van der Waals surface area contributed by atoms with Crippen molar-refractivity contribution >= 4 is 5.91 Å². The van der Waals surface area contributed by atoms with E-state index in [1.54, 1.807) is 0 Å². The minimum Gasteiger partial charge on any atom is -0.396 e. The number of amides is 1. The Morgan fingerprint density at radius 2 is 1.93 bits per heavy atom. The van der Waals surface area contributed by atoms with Gasteiger partial charge < -0.3 is 10.4 Å². The molecular formula is C12H25NO2. The molecule has 0 rings (SSSR count). The van der Waals surface area contributed by atoms with Crippen molar-refractivity contribution in [3.05, 3.63) is 0 Å². The Morgan fingerprint density at radius 1 is 1.27 bits per heavy atom. The molecule has 0 spiro atoms. The summed E-state index contributed by atoms with van der Waals surface area (Å²) in [4.78, 5) is 11.4. The van der Waals surface area contributed by atoms with Gasteiger partial charge in [-0.1, -0.05) is 39.5 Å². The van der Waals surface area contributed by atoms with Gasteiger partial charge in [-0.15, -0.1) is 0 Å². The molecule has 0 saturated carbocycles. The average molecular weight is 215 g/mol. The maximum Gasteiger partial charge on any atom is 0.222 e. The number of aliphatic hydroxyl groups excluding tert-OH is 1. The first-order valence-electron chi connectivity index (χ1n) is 6.11. The van der Waals surface area contributed by atoms with E-state index < -0.39 is 0 Å². The Bertz CT molecular complexity index is 160. The van der Waals surface area contributed by atoms with Crippen LogP contribution in [0.15, 0.2) is 0 Å². The highest BCUT2D eigenvalue weighted by Gasteiger charge is 2.10. The topological polar surface area (TPSA) is 49.3 Å². The van der Waals surface area contributed by atoms with Gasteiger partial charge in [0.05, 0.1) is 0 Å². The number of aliphatic hydroxyl groups is 1. The van der Waals surface area contributed by atoms with Crippen LogP contribution in [-0.2, 0) is 4.79 Å². The lowest BCUT2D eigenvalue weighted by atomic mass is 10.1. The molecule has 0 aromatic carbocycles. The van der Waals surface area contributed by atoms with Gasteiger partial charge in [-0.3, -0.25) is 4.79 Å². The van der Waals surface area contributed by atoms with Crippen LogP contribution in [0.25, 0.3) is 0 Å². The van der Waals surface area contributed by atoms with Crippen LogP contribution >= 0.6 is 0 Å². The summed E-state index contributed by atoms with van der Waals surface area (Å²) in [7, 11) is 0. The second-order valence-corrected chi connectivity index (χ2v) is 4.12. The van der Waals surface area contributed by atoms with Crippen molar-refractivity contribution < 1.29 is 9.90 Å². The normalized spacial score (nSPS) is 12.5. The van der Waals surface area contributed by atoms with Crippen molar-refractivity contribution in [1.82, 2.24) is 5.32 Å². The Balaban J connectivity index is 3.30. The van der Waals surface area contributed by atoms with Crippen LogP contribution in [-0.4, -0.2) is 24.2 Å². The number of carbonyl (C=O) groups is 1. The molecule has 1 atom stereocenters. The van der Waals surface area contributed by atoms with Crippen molar-refractivity contribution in [2.45, 2.75) is 52.4 Å². The van der Waals surface area contributed by atoms with E-state index in [1.807, 2.05) is 6.92 Å². The summed E-state index contributed by atoms with van der Waals surface area (Å²) in [5.41, 5.74) is 0. The molecule has 1 unspecified atom stereocenters. The van der Waals surface area contributed by atoms with E-state index >= 15 is 0 Å². The van der Waals surface area contributed by atoms with Crippen LogP contribution < -0.4 is 5.32 Å². The summed E-state index contributed by atoms with van der Waals surface area (Å²) in [5, 5.41) is 11.6. The van der Waals surface area contributed by atoms with Gasteiger partial charge in [0.25, 0.3) is 0 Å². The minimum absolute atomic E-state index is 0.0642. The molecule has 0 radical (unpaired) electrons. The van der Waals surface area contributed by atoms with Gasteiger partial charge in [0.2, 0.25) is 5.91 Å². The van der Waals surface area contributed by atoms with Crippen LogP contribution in [0.3, 0.4) is 0 Å². The highest BCUT2D eigenvalue weighted by atomic mass is 16.3. The fraction of sp³-hybridized carbons (Fsp3) is 0.917. The first kappa shape index (κ1) is 14.4. The predicted molar refractivity (Wildman–Crippen MR) is 62.6 cm³/mol. The Morgan fingerprint density at radius 3 is 2.53 bits per heavy atom. The summed E-state index contributed by atoms with van der Waals surface area (Å²) in [5.74, 6) is 0.00480. The molecule has 3 heteroatoms. The monoisotopic (exact) mass is 215 g/mol. The van der Waals surface area contributed by atoms with Gasteiger partial charge in [-0.2, -0.15) is 0 Å². The number of carbonyl (C=O) groups excluding carboxylic acids is 1. The van der Waals surface area contributed by atoms with Crippen LogP contribution in [0, 0.1) is 5.92 Å². The smallest absolute Gasteiger partial charge is 0.222 e. The fourth-order valence-electron chi connectivity index (χ4n) is 1.44. The molecule has 15 heavy (non-hydrogen) atoms. The maximum atomic E-state index is 11.4. The second kappa shape index (κ2) is 9.97. The molecule has 0 saturated heterocycles. The van der Waals surface area contributed by atoms with Crippen molar-refractivity contribution in [1.29, 1.82) is 0 Å². The summed E-state index contributed by atoms with van der Waals surface area (Å²) >= 11 is 0. The standard InChI is InChI=1S/C12H25NO2/c1-3-4-5-6-7-9-13-12(15)11(2)8-10-14/h11,14H,3-10H2,1-2H3,(H,13,15). The second-order valence-electron chi connectivity index (χ2n) is 4.12. The van der Waals surface area contributed by atoms with E-state index in [-0.39, 0.29) is 18.4 Å². The molecule has 0 aliphatic heterocycles. The highest BCUT2D eigenvalue weighted by Crippen LogP contribution is 2.03. The molecular weight excluding hydrogens is 190 g/mol. The first-order chi connectivity index (χ1) is 7.22. The third kappa shape index (κ3) is 8.43. The predicted octanol–water partition coefficient (Wildman–Crippen LogP) is 2.09. The van der Waals surface area contributed by atoms with E-state index in [1.165, 1.54) is 25.7 Å². The number of unbranched alkanes of at least 4 members (excludes halogenated alkanes) is 4. The summed E-state index contributed by atoms with van der Waals surface area (Å²) in [6, 6.07) is 0. The third-order valence-corrected chi connectivity index (χ3v) is 2.59. The van der Waals surface area contributed by atoms with Gasteiger partial charge >= 0.3 is 0 Å². The van der Waals surface area contributed by atoms with Crippen molar-refractivity contribution in [2.75, 3.05) is 13.2 Å². The molecule has 90 valence electrons. The molecule has 3 nitrogen and oxygen atoms in total. The minimum atomic E-state index is -0.0642. The zero-order valence-electron chi connectivity index (χ0n) is 10.1. The molecule has 1 amide bonds. The van der Waals surface area contributed by atoms with E-state index in [9.17, 15) is 4.79 Å². The van der Waals surface area contributed by atoms with Gasteiger partial charge in [-0.05, 0) is 12.8 Å². The molecule has 0 aliphatic carbocycles. The van der Waals surface area contributed by atoms with Gasteiger partial charge in [0.1, 0.15) is 0 Å². The lowest BCUT2D eigenvalue weighted by molar-refractivity contribution is -0.124.